The van der Waals surface area contributed by atoms with Gasteiger partial charge in [-0.25, -0.2) is 0 Å². The van der Waals surface area contributed by atoms with E-state index in [1.807, 2.05) is 0 Å². The minimum atomic E-state index is 1.25. The first-order valence-electron chi connectivity index (χ1n) is 16.1. The van der Waals surface area contributed by atoms with E-state index >= 15 is 0 Å². The molecule has 0 nitrogen and oxygen atoms in total. The van der Waals surface area contributed by atoms with Gasteiger partial charge in [-0.1, -0.05) is 133 Å². The predicted molar refractivity (Wildman–Crippen MR) is 200 cm³/mol. The summed E-state index contributed by atoms with van der Waals surface area (Å²) in [4.78, 5) is 0. The van der Waals surface area contributed by atoms with E-state index in [0.717, 1.165) is 0 Å². The molecule has 0 aromatic heterocycles. The molecule has 0 aliphatic rings. The largest absolute Gasteiger partial charge is 0.0616 e. The second kappa shape index (κ2) is 8.81. The van der Waals surface area contributed by atoms with Crippen molar-refractivity contribution in [2.75, 3.05) is 0 Å². The van der Waals surface area contributed by atoms with Crippen LogP contribution in [0.15, 0.2) is 158 Å². The fourth-order valence-electron chi connectivity index (χ4n) is 8.41. The van der Waals surface area contributed by atoms with E-state index in [1.165, 1.54) is 108 Å². The van der Waals surface area contributed by atoms with E-state index in [9.17, 15) is 0 Å². The van der Waals surface area contributed by atoms with Gasteiger partial charge in [0.05, 0.1) is 0 Å². The Morgan fingerprint density at radius 3 is 1.46 bits per heavy atom. The third-order valence-electron chi connectivity index (χ3n) is 10.5. The topological polar surface area (TPSA) is 0 Å². The van der Waals surface area contributed by atoms with Crippen LogP contribution in [-0.4, -0.2) is 0 Å². The maximum Gasteiger partial charge on any atom is -0.00206 e. The zero-order valence-electron chi connectivity index (χ0n) is 25.0. The van der Waals surface area contributed by atoms with Crippen molar-refractivity contribution in [2.45, 2.75) is 0 Å². The van der Waals surface area contributed by atoms with Gasteiger partial charge in [0, 0.05) is 0 Å². The second-order valence-electron chi connectivity index (χ2n) is 12.9. The summed E-state index contributed by atoms with van der Waals surface area (Å²) >= 11 is 0. The summed E-state index contributed by atoms with van der Waals surface area (Å²) in [6.07, 6.45) is 0. The standard InChI is InChI=1S/C46H26/c1-2-10-37-32(5-1)25-41(36-23-34-15-13-27-6-3-7-28-14-16-35(24-36)45(34)43(27)28)42-26-33(19-21-39(37)42)38-20-17-31-12-11-29-8-4-9-30-18-22-40(38)46(31)44(29)30/h1-26H. The van der Waals surface area contributed by atoms with Crippen LogP contribution in [0.25, 0.3) is 108 Å². The number of hydrogen-bond donors (Lipinski definition) is 0. The fraction of sp³-hybridized carbons (Fsp3) is 0. The van der Waals surface area contributed by atoms with E-state index in [-0.39, 0.29) is 0 Å². The van der Waals surface area contributed by atoms with E-state index < -0.39 is 0 Å². The molecule has 0 atom stereocenters. The maximum atomic E-state index is 2.44. The third kappa shape index (κ3) is 3.23. The van der Waals surface area contributed by atoms with Gasteiger partial charge >= 0.3 is 0 Å². The lowest BCUT2D eigenvalue weighted by molar-refractivity contribution is 1.69. The zero-order valence-corrected chi connectivity index (χ0v) is 25.0. The number of benzene rings is 11. The molecule has 0 heteroatoms. The molecular weight excluding hydrogens is 553 g/mol. The molecule has 210 valence electrons. The number of fused-ring (bicyclic) bond motifs is 3. The molecule has 0 saturated heterocycles. The Balaban J connectivity index is 1.21. The normalized spacial score (nSPS) is 12.3. The van der Waals surface area contributed by atoms with Gasteiger partial charge in [0.25, 0.3) is 0 Å². The van der Waals surface area contributed by atoms with Crippen LogP contribution in [0, 0.1) is 0 Å². The Morgan fingerprint density at radius 2 is 0.739 bits per heavy atom. The van der Waals surface area contributed by atoms with Crippen molar-refractivity contribution in [3.63, 3.8) is 0 Å². The van der Waals surface area contributed by atoms with Crippen LogP contribution in [0.4, 0.5) is 0 Å². The minimum absolute atomic E-state index is 1.25. The lowest BCUT2D eigenvalue weighted by atomic mass is 9.86. The van der Waals surface area contributed by atoms with Gasteiger partial charge in [-0.3, -0.25) is 0 Å². The van der Waals surface area contributed by atoms with Gasteiger partial charge in [0.15, 0.2) is 0 Å². The monoisotopic (exact) mass is 578 g/mol. The molecule has 11 aromatic carbocycles. The lowest BCUT2D eigenvalue weighted by Crippen LogP contribution is -1.90. The summed E-state index contributed by atoms with van der Waals surface area (Å²) in [6, 6.07) is 59.3. The van der Waals surface area contributed by atoms with Crippen LogP contribution in [0.5, 0.6) is 0 Å². The van der Waals surface area contributed by atoms with Crippen molar-refractivity contribution in [1.29, 1.82) is 0 Å². The van der Waals surface area contributed by atoms with E-state index in [4.69, 9.17) is 0 Å². The Hall–Kier alpha value is -5.98. The summed E-state index contributed by atoms with van der Waals surface area (Å²) in [5, 5.41) is 21.0. The molecule has 46 heavy (non-hydrogen) atoms. The number of rotatable bonds is 2. The molecule has 0 aliphatic carbocycles. The van der Waals surface area contributed by atoms with E-state index in [2.05, 4.69) is 158 Å². The van der Waals surface area contributed by atoms with Crippen LogP contribution in [0.1, 0.15) is 0 Å². The highest BCUT2D eigenvalue weighted by Gasteiger charge is 2.16. The molecule has 0 heterocycles. The molecule has 0 aliphatic heterocycles. The first-order chi connectivity index (χ1) is 22.8. The van der Waals surface area contributed by atoms with Crippen LogP contribution >= 0.6 is 0 Å². The average Bonchev–Trinajstić information content (AvgIpc) is 3.12. The summed E-state index contributed by atoms with van der Waals surface area (Å²) in [6.45, 7) is 0. The van der Waals surface area contributed by atoms with Crippen molar-refractivity contribution in [1.82, 2.24) is 0 Å². The molecule has 0 bridgehead atoms. The Labute approximate surface area is 265 Å². The molecule has 0 radical (unpaired) electrons. The quantitative estimate of drug-likeness (QED) is 0.179. The SMILES string of the molecule is c1ccc2c(c1)cc(-c1cc3ccc4cccc5ccc(c1)c3c45)c1cc(-c3ccc4ccc5cccc6ccc3c4c56)ccc12. The van der Waals surface area contributed by atoms with Gasteiger partial charge in [-0.05, 0) is 133 Å². The van der Waals surface area contributed by atoms with E-state index in [1.54, 1.807) is 0 Å². The Kier molecular flexibility index (Phi) is 4.66. The predicted octanol–water partition coefficient (Wildman–Crippen LogP) is 13.1. The minimum Gasteiger partial charge on any atom is -0.0616 e. The summed E-state index contributed by atoms with van der Waals surface area (Å²) in [7, 11) is 0. The van der Waals surface area contributed by atoms with Gasteiger partial charge in [-0.2, -0.15) is 0 Å². The van der Waals surface area contributed by atoms with Crippen molar-refractivity contribution >= 4 is 86.2 Å². The highest BCUT2D eigenvalue weighted by Crippen LogP contribution is 2.44. The highest BCUT2D eigenvalue weighted by molar-refractivity contribution is 6.27. The molecule has 11 rings (SSSR count). The molecule has 0 saturated carbocycles. The highest BCUT2D eigenvalue weighted by atomic mass is 14.2. The zero-order chi connectivity index (χ0) is 29.9. The van der Waals surface area contributed by atoms with Crippen LogP contribution < -0.4 is 0 Å². The molecule has 0 N–H and O–H groups in total. The first kappa shape index (κ1) is 24.4. The second-order valence-corrected chi connectivity index (χ2v) is 12.9. The smallest absolute Gasteiger partial charge is 0.00206 e. The average molecular weight is 579 g/mol. The van der Waals surface area contributed by atoms with Crippen molar-refractivity contribution in [2.24, 2.45) is 0 Å². The molecule has 0 amide bonds. The molecule has 11 aromatic rings. The molecule has 0 fully saturated rings. The molecule has 0 unspecified atom stereocenters. The van der Waals surface area contributed by atoms with Crippen LogP contribution in [0.3, 0.4) is 0 Å². The first-order valence-corrected chi connectivity index (χ1v) is 16.1. The Morgan fingerprint density at radius 1 is 0.217 bits per heavy atom. The van der Waals surface area contributed by atoms with Gasteiger partial charge < -0.3 is 0 Å². The molecular formula is C46H26. The van der Waals surface area contributed by atoms with Crippen molar-refractivity contribution in [3.05, 3.63) is 158 Å². The lowest BCUT2D eigenvalue weighted by Gasteiger charge is -2.17. The Bertz CT molecular complexity index is 2940. The van der Waals surface area contributed by atoms with Crippen LogP contribution in [0.2, 0.25) is 0 Å². The van der Waals surface area contributed by atoms with Gasteiger partial charge in [0.1, 0.15) is 0 Å². The van der Waals surface area contributed by atoms with Gasteiger partial charge in [-0.15, -0.1) is 0 Å². The molecule has 0 spiro atoms. The number of hydrogen-bond acceptors (Lipinski definition) is 0. The van der Waals surface area contributed by atoms with E-state index in [0.29, 0.717) is 0 Å². The maximum absolute atomic E-state index is 2.44. The summed E-state index contributed by atoms with van der Waals surface area (Å²) in [5.74, 6) is 0. The third-order valence-corrected chi connectivity index (χ3v) is 10.5. The van der Waals surface area contributed by atoms with Gasteiger partial charge in [0.2, 0.25) is 0 Å². The van der Waals surface area contributed by atoms with Crippen molar-refractivity contribution < 1.29 is 0 Å². The summed E-state index contributed by atoms with van der Waals surface area (Å²) < 4.78 is 0. The van der Waals surface area contributed by atoms with Crippen LogP contribution in [-0.2, 0) is 0 Å². The fourth-order valence-corrected chi connectivity index (χ4v) is 8.41. The summed E-state index contributed by atoms with van der Waals surface area (Å²) in [5.41, 5.74) is 5.06. The van der Waals surface area contributed by atoms with Crippen molar-refractivity contribution in [3.8, 4) is 22.3 Å².